The van der Waals surface area contributed by atoms with Gasteiger partial charge in [0.2, 0.25) is 18.4 Å². The molecule has 0 aliphatic carbocycles. The summed E-state index contributed by atoms with van der Waals surface area (Å²) < 4.78 is 22.1. The summed E-state index contributed by atoms with van der Waals surface area (Å²) in [4.78, 5) is 33.0. The first-order valence-corrected chi connectivity index (χ1v) is 14.8. The lowest BCUT2D eigenvalue weighted by molar-refractivity contribution is -0.144. The molecule has 1 amide bonds. The Bertz CT molecular complexity index is 1200. The van der Waals surface area contributed by atoms with Crippen molar-refractivity contribution in [2.45, 2.75) is 44.6 Å². The molecule has 0 saturated carbocycles. The SMILES string of the molecule is CCCCN(CCCCN(C)C)C(=O)CN1C[C@H](c2cc(OC)c3c(c2)OCO3)[C@@H](C(=O)O)[C@@H]1c1ccc(OC)cc1. The van der Waals surface area contributed by atoms with Gasteiger partial charge in [0.05, 0.1) is 26.7 Å². The van der Waals surface area contributed by atoms with Crippen LogP contribution in [0.3, 0.4) is 0 Å². The fourth-order valence-corrected chi connectivity index (χ4v) is 6.01. The lowest BCUT2D eigenvalue weighted by Gasteiger charge is -2.30. The first-order chi connectivity index (χ1) is 20.3. The Balaban J connectivity index is 1.66. The Hall–Kier alpha value is -3.50. The summed E-state index contributed by atoms with van der Waals surface area (Å²) >= 11 is 0. The molecule has 1 saturated heterocycles. The van der Waals surface area contributed by atoms with E-state index in [1.54, 1.807) is 14.2 Å². The van der Waals surface area contributed by atoms with Crippen LogP contribution in [0.15, 0.2) is 36.4 Å². The standard InChI is InChI=1S/C32H45N3O7/c1-6-7-15-34(16-9-8-14-33(2)3)28(36)20-35-19-25(23-17-26(40-5)31-27(18-23)41-21-42-31)29(32(37)38)30(35)22-10-12-24(39-4)13-11-22/h10-13,17-18,25,29-30H,6-9,14-16,19-21H2,1-5H3,(H,37,38)/t25-,29-,30+/m1/s1. The van der Waals surface area contributed by atoms with Crippen LogP contribution in [-0.2, 0) is 9.59 Å². The van der Waals surface area contributed by atoms with Crippen molar-refractivity contribution in [3.05, 3.63) is 47.5 Å². The van der Waals surface area contributed by atoms with Crippen molar-refractivity contribution in [1.82, 2.24) is 14.7 Å². The molecule has 0 aromatic heterocycles. The van der Waals surface area contributed by atoms with E-state index in [0.29, 0.717) is 42.6 Å². The minimum atomic E-state index is -0.918. The van der Waals surface area contributed by atoms with E-state index in [0.717, 1.165) is 43.4 Å². The van der Waals surface area contributed by atoms with Gasteiger partial charge in [-0.05, 0) is 75.3 Å². The van der Waals surface area contributed by atoms with E-state index >= 15 is 0 Å². The number of unbranched alkanes of at least 4 members (excludes halogenated alkanes) is 2. The largest absolute Gasteiger partial charge is 0.497 e. The number of hydrogen-bond donors (Lipinski definition) is 1. The molecule has 2 aliphatic rings. The summed E-state index contributed by atoms with van der Waals surface area (Å²) in [5.41, 5.74) is 1.61. The molecule has 1 N–H and O–H groups in total. The number of methoxy groups -OCH3 is 2. The number of rotatable bonds is 15. The fraction of sp³-hybridized carbons (Fsp3) is 0.562. The number of hydrogen-bond acceptors (Lipinski definition) is 8. The highest BCUT2D eigenvalue weighted by Crippen LogP contribution is 2.50. The number of carbonyl (C=O) groups is 2. The quantitative estimate of drug-likeness (QED) is 0.309. The number of ether oxygens (including phenoxy) is 4. The number of fused-ring (bicyclic) bond motifs is 1. The number of nitrogens with zero attached hydrogens (tertiary/aromatic N) is 3. The Morgan fingerprint density at radius 3 is 2.33 bits per heavy atom. The van der Waals surface area contributed by atoms with E-state index in [2.05, 4.69) is 25.9 Å². The van der Waals surface area contributed by atoms with Gasteiger partial charge >= 0.3 is 5.97 Å². The van der Waals surface area contributed by atoms with Crippen LogP contribution >= 0.6 is 0 Å². The number of aliphatic carboxylic acids is 1. The molecule has 0 bridgehead atoms. The van der Waals surface area contributed by atoms with Gasteiger partial charge in [0.1, 0.15) is 5.75 Å². The van der Waals surface area contributed by atoms with Crippen LogP contribution in [0.4, 0.5) is 0 Å². The van der Waals surface area contributed by atoms with Gasteiger partial charge in [0.25, 0.3) is 0 Å². The van der Waals surface area contributed by atoms with Crippen LogP contribution < -0.4 is 18.9 Å². The van der Waals surface area contributed by atoms with E-state index in [-0.39, 0.29) is 19.2 Å². The summed E-state index contributed by atoms with van der Waals surface area (Å²) in [7, 11) is 7.26. The average Bonchev–Trinajstić information content (AvgIpc) is 3.61. The molecule has 4 rings (SSSR count). The molecule has 2 aliphatic heterocycles. The second kappa shape index (κ2) is 14.6. The predicted octanol–water partition coefficient (Wildman–Crippen LogP) is 4.24. The Kier molecular flexibility index (Phi) is 10.9. The second-order valence-electron chi connectivity index (χ2n) is 11.3. The molecular formula is C32H45N3O7. The van der Waals surface area contributed by atoms with E-state index in [4.69, 9.17) is 18.9 Å². The number of carbonyl (C=O) groups excluding carboxylic acids is 1. The van der Waals surface area contributed by atoms with Gasteiger partial charge in [-0.3, -0.25) is 14.5 Å². The maximum atomic E-state index is 13.8. The van der Waals surface area contributed by atoms with Gasteiger partial charge in [-0.2, -0.15) is 0 Å². The maximum absolute atomic E-state index is 13.8. The lowest BCUT2D eigenvalue weighted by atomic mass is 9.82. The minimum Gasteiger partial charge on any atom is -0.497 e. The van der Waals surface area contributed by atoms with E-state index in [1.165, 1.54) is 0 Å². The molecule has 0 unspecified atom stereocenters. The van der Waals surface area contributed by atoms with Gasteiger partial charge in [-0.1, -0.05) is 25.5 Å². The van der Waals surface area contributed by atoms with Crippen molar-refractivity contribution in [3.8, 4) is 23.0 Å². The second-order valence-corrected chi connectivity index (χ2v) is 11.3. The van der Waals surface area contributed by atoms with Gasteiger partial charge in [0.15, 0.2) is 11.5 Å². The van der Waals surface area contributed by atoms with Crippen molar-refractivity contribution < 1.29 is 33.6 Å². The number of amides is 1. The molecular weight excluding hydrogens is 538 g/mol. The molecule has 42 heavy (non-hydrogen) atoms. The van der Waals surface area contributed by atoms with Crippen LogP contribution in [0.25, 0.3) is 0 Å². The minimum absolute atomic E-state index is 0.0277. The summed E-state index contributed by atoms with van der Waals surface area (Å²) in [6.07, 6.45) is 3.86. The van der Waals surface area contributed by atoms with Crippen molar-refractivity contribution in [2.24, 2.45) is 5.92 Å². The highest BCUT2D eigenvalue weighted by molar-refractivity contribution is 5.79. The summed E-state index contributed by atoms with van der Waals surface area (Å²) in [6.45, 7) is 5.10. The highest BCUT2D eigenvalue weighted by atomic mass is 16.7. The summed E-state index contributed by atoms with van der Waals surface area (Å²) in [5.74, 6) is 0.141. The monoisotopic (exact) mass is 583 g/mol. The molecule has 3 atom stereocenters. The van der Waals surface area contributed by atoms with Crippen molar-refractivity contribution in [1.29, 1.82) is 0 Å². The van der Waals surface area contributed by atoms with Crippen LogP contribution in [-0.4, -0.2) is 99.5 Å². The molecule has 10 nitrogen and oxygen atoms in total. The average molecular weight is 584 g/mol. The molecule has 230 valence electrons. The molecule has 10 heteroatoms. The van der Waals surface area contributed by atoms with Crippen molar-refractivity contribution >= 4 is 11.9 Å². The Morgan fingerprint density at radius 2 is 1.69 bits per heavy atom. The Morgan fingerprint density at radius 1 is 0.976 bits per heavy atom. The maximum Gasteiger partial charge on any atom is 0.309 e. The first-order valence-electron chi connectivity index (χ1n) is 14.8. The van der Waals surface area contributed by atoms with Gasteiger partial charge in [-0.15, -0.1) is 0 Å². The molecule has 2 aromatic carbocycles. The molecule has 2 aromatic rings. The molecule has 1 fully saturated rings. The zero-order valence-corrected chi connectivity index (χ0v) is 25.5. The zero-order valence-electron chi connectivity index (χ0n) is 25.5. The summed E-state index contributed by atoms with van der Waals surface area (Å²) in [5, 5.41) is 10.6. The number of benzene rings is 2. The highest BCUT2D eigenvalue weighted by Gasteiger charge is 2.48. The van der Waals surface area contributed by atoms with E-state index in [1.807, 2.05) is 46.2 Å². The number of likely N-dealkylation sites (tertiary alicyclic amines) is 1. The number of carboxylic acids is 1. The topological polar surface area (TPSA) is 101 Å². The van der Waals surface area contributed by atoms with Crippen molar-refractivity contribution in [2.75, 3.05) is 67.8 Å². The normalized spacial score (nSPS) is 19.7. The molecule has 0 radical (unpaired) electrons. The molecule has 0 spiro atoms. The lowest BCUT2D eigenvalue weighted by Crippen LogP contribution is -2.42. The van der Waals surface area contributed by atoms with E-state index in [9.17, 15) is 14.7 Å². The van der Waals surface area contributed by atoms with E-state index < -0.39 is 23.8 Å². The van der Waals surface area contributed by atoms with Crippen LogP contribution in [0.5, 0.6) is 23.0 Å². The summed E-state index contributed by atoms with van der Waals surface area (Å²) in [6, 6.07) is 10.6. The predicted molar refractivity (Wildman–Crippen MR) is 160 cm³/mol. The Labute approximate surface area is 249 Å². The van der Waals surface area contributed by atoms with Crippen molar-refractivity contribution in [3.63, 3.8) is 0 Å². The van der Waals surface area contributed by atoms with Gasteiger partial charge in [0, 0.05) is 31.6 Å². The number of carboxylic acid groups (broad SMARTS) is 1. The third kappa shape index (κ3) is 7.28. The van der Waals surface area contributed by atoms with Gasteiger partial charge in [-0.25, -0.2) is 0 Å². The fourth-order valence-electron chi connectivity index (χ4n) is 6.01. The van der Waals surface area contributed by atoms with Crippen LogP contribution in [0, 0.1) is 5.92 Å². The molecule has 2 heterocycles. The zero-order chi connectivity index (χ0) is 30.2. The first kappa shape index (κ1) is 31.4. The smallest absolute Gasteiger partial charge is 0.309 e. The van der Waals surface area contributed by atoms with Gasteiger partial charge < -0.3 is 33.9 Å². The van der Waals surface area contributed by atoms with Crippen LogP contribution in [0.1, 0.15) is 55.7 Å². The third-order valence-electron chi connectivity index (χ3n) is 8.21. The third-order valence-corrected chi connectivity index (χ3v) is 8.21. The van der Waals surface area contributed by atoms with Crippen LogP contribution in [0.2, 0.25) is 0 Å².